The molecule has 0 bridgehead atoms. The first kappa shape index (κ1) is 22.0. The number of carbonyl (C=O) groups is 1. The second kappa shape index (κ2) is 10.4. The summed E-state index contributed by atoms with van der Waals surface area (Å²) in [6, 6.07) is 19.0. The molecule has 0 radical (unpaired) electrons. The Balaban J connectivity index is 1.67. The Labute approximate surface area is 189 Å². The van der Waals surface area contributed by atoms with Gasteiger partial charge in [-0.1, -0.05) is 29.8 Å². The molecule has 5 nitrogen and oxygen atoms in total. The molecule has 0 atom stereocenters. The van der Waals surface area contributed by atoms with Gasteiger partial charge in [-0.05, 0) is 64.0 Å². The lowest BCUT2D eigenvalue weighted by Crippen LogP contribution is -2.06. The summed E-state index contributed by atoms with van der Waals surface area (Å²) in [6.45, 7) is 2.42. The average Bonchev–Trinajstić information content (AvgIpc) is 2.72. The van der Waals surface area contributed by atoms with E-state index in [0.717, 1.165) is 27.0 Å². The Hall–Kier alpha value is -2.70. The van der Waals surface area contributed by atoms with Gasteiger partial charge in [0.1, 0.15) is 6.61 Å². The lowest BCUT2D eigenvalue weighted by Gasteiger charge is -2.15. The maximum absolute atomic E-state index is 11.1. The molecular formula is C23H22BrClN2O3. The van der Waals surface area contributed by atoms with Gasteiger partial charge >= 0.3 is 0 Å². The van der Waals surface area contributed by atoms with Crippen LogP contribution in [0.5, 0.6) is 11.5 Å². The number of benzene rings is 3. The first-order valence-corrected chi connectivity index (χ1v) is 10.5. The highest BCUT2D eigenvalue weighted by Crippen LogP contribution is 2.37. The van der Waals surface area contributed by atoms with E-state index >= 15 is 0 Å². The zero-order chi connectivity index (χ0) is 21.5. The molecule has 3 rings (SSSR count). The van der Waals surface area contributed by atoms with Crippen molar-refractivity contribution in [2.75, 3.05) is 17.7 Å². The fourth-order valence-electron chi connectivity index (χ4n) is 2.86. The van der Waals surface area contributed by atoms with Crippen molar-refractivity contribution in [2.45, 2.75) is 20.1 Å². The Kier molecular flexibility index (Phi) is 7.60. The van der Waals surface area contributed by atoms with Crippen molar-refractivity contribution < 1.29 is 14.3 Å². The summed E-state index contributed by atoms with van der Waals surface area (Å²) in [5.41, 5.74) is 3.63. The number of anilines is 2. The number of hydrogen-bond donors (Lipinski definition) is 2. The predicted octanol–water partition coefficient (Wildman–Crippen LogP) is 6.26. The molecule has 0 heterocycles. The van der Waals surface area contributed by atoms with Crippen LogP contribution in [0.25, 0.3) is 0 Å². The number of methoxy groups -OCH3 is 1. The first-order chi connectivity index (χ1) is 14.5. The smallest absolute Gasteiger partial charge is 0.221 e. The summed E-state index contributed by atoms with van der Waals surface area (Å²) in [4.78, 5) is 11.1. The van der Waals surface area contributed by atoms with E-state index in [-0.39, 0.29) is 5.91 Å². The van der Waals surface area contributed by atoms with Gasteiger partial charge in [-0.15, -0.1) is 0 Å². The monoisotopic (exact) mass is 488 g/mol. The topological polar surface area (TPSA) is 59.6 Å². The van der Waals surface area contributed by atoms with Crippen LogP contribution >= 0.6 is 27.5 Å². The third kappa shape index (κ3) is 5.90. The van der Waals surface area contributed by atoms with E-state index in [1.165, 1.54) is 6.92 Å². The van der Waals surface area contributed by atoms with E-state index in [1.54, 1.807) is 7.11 Å². The molecule has 30 heavy (non-hydrogen) atoms. The molecule has 3 aromatic carbocycles. The van der Waals surface area contributed by atoms with E-state index in [0.29, 0.717) is 29.7 Å². The average molecular weight is 490 g/mol. The zero-order valence-corrected chi connectivity index (χ0v) is 19.0. The van der Waals surface area contributed by atoms with Gasteiger partial charge in [0, 0.05) is 35.4 Å². The minimum atomic E-state index is -0.0931. The predicted molar refractivity (Wildman–Crippen MR) is 125 cm³/mol. The van der Waals surface area contributed by atoms with Gasteiger partial charge in [-0.3, -0.25) is 4.79 Å². The summed E-state index contributed by atoms with van der Waals surface area (Å²) in [5, 5.41) is 6.77. The van der Waals surface area contributed by atoms with E-state index in [4.69, 9.17) is 21.1 Å². The van der Waals surface area contributed by atoms with Crippen LogP contribution in [0.3, 0.4) is 0 Å². The number of nitrogens with one attached hydrogen (secondary N) is 2. The highest BCUT2D eigenvalue weighted by atomic mass is 79.9. The molecule has 1 amide bonds. The number of ether oxygens (including phenoxy) is 2. The summed E-state index contributed by atoms with van der Waals surface area (Å²) < 4.78 is 12.3. The van der Waals surface area contributed by atoms with Crippen molar-refractivity contribution in [3.05, 3.63) is 81.3 Å². The summed E-state index contributed by atoms with van der Waals surface area (Å²) in [7, 11) is 1.61. The fourth-order valence-corrected chi connectivity index (χ4v) is 3.65. The Bertz CT molecular complexity index is 1030. The number of hydrogen-bond acceptors (Lipinski definition) is 4. The Morgan fingerprint density at radius 1 is 1.07 bits per heavy atom. The van der Waals surface area contributed by atoms with Gasteiger partial charge in [0.15, 0.2) is 11.5 Å². The van der Waals surface area contributed by atoms with E-state index < -0.39 is 0 Å². The van der Waals surface area contributed by atoms with Gasteiger partial charge in [-0.25, -0.2) is 0 Å². The molecule has 0 spiro atoms. The molecule has 2 N–H and O–H groups in total. The largest absolute Gasteiger partial charge is 0.493 e. The van der Waals surface area contributed by atoms with Crippen molar-refractivity contribution >= 4 is 44.8 Å². The molecule has 0 aliphatic carbocycles. The van der Waals surface area contributed by atoms with Crippen molar-refractivity contribution in [3.8, 4) is 11.5 Å². The van der Waals surface area contributed by atoms with Gasteiger partial charge in [0.05, 0.1) is 11.6 Å². The summed E-state index contributed by atoms with van der Waals surface area (Å²) in [6.07, 6.45) is 0. The second-order valence-corrected chi connectivity index (χ2v) is 7.86. The normalized spacial score (nSPS) is 10.4. The zero-order valence-electron chi connectivity index (χ0n) is 16.7. The van der Waals surface area contributed by atoms with Crippen LogP contribution in [0.4, 0.5) is 11.4 Å². The number of halogens is 2. The molecule has 0 unspecified atom stereocenters. The quantitative estimate of drug-likeness (QED) is 0.392. The van der Waals surface area contributed by atoms with Crippen LogP contribution in [0, 0.1) is 0 Å². The SMILES string of the molecule is COc1cc(CNc2ccc(NC(C)=O)cc2)cc(Br)c1OCc1ccccc1Cl. The highest BCUT2D eigenvalue weighted by Gasteiger charge is 2.13. The highest BCUT2D eigenvalue weighted by molar-refractivity contribution is 9.10. The van der Waals surface area contributed by atoms with Gasteiger partial charge < -0.3 is 20.1 Å². The molecule has 0 aromatic heterocycles. The van der Waals surface area contributed by atoms with Crippen molar-refractivity contribution in [3.63, 3.8) is 0 Å². The van der Waals surface area contributed by atoms with Crippen LogP contribution in [0.15, 0.2) is 65.1 Å². The van der Waals surface area contributed by atoms with Gasteiger partial charge in [0.25, 0.3) is 0 Å². The minimum Gasteiger partial charge on any atom is -0.493 e. The third-order valence-corrected chi connectivity index (χ3v) is 5.28. The van der Waals surface area contributed by atoms with Crippen LogP contribution in [-0.4, -0.2) is 13.0 Å². The van der Waals surface area contributed by atoms with Crippen LogP contribution in [-0.2, 0) is 17.9 Å². The lowest BCUT2D eigenvalue weighted by molar-refractivity contribution is -0.114. The van der Waals surface area contributed by atoms with Crippen LogP contribution in [0.1, 0.15) is 18.1 Å². The first-order valence-electron chi connectivity index (χ1n) is 9.30. The Morgan fingerprint density at radius 3 is 2.43 bits per heavy atom. The standard InChI is InChI=1S/C23H22BrClN2O3/c1-15(28)27-19-9-7-18(8-10-19)26-13-16-11-20(24)23(22(12-16)29-2)30-14-17-5-3-4-6-21(17)25/h3-12,26H,13-14H2,1-2H3,(H,27,28). The molecule has 0 aliphatic heterocycles. The van der Waals surface area contributed by atoms with Gasteiger partial charge in [0.2, 0.25) is 5.91 Å². The molecule has 156 valence electrons. The maximum atomic E-state index is 11.1. The van der Waals surface area contributed by atoms with E-state index in [9.17, 15) is 4.79 Å². The third-order valence-electron chi connectivity index (χ3n) is 4.32. The number of rotatable bonds is 8. The van der Waals surface area contributed by atoms with Gasteiger partial charge in [-0.2, -0.15) is 0 Å². The minimum absolute atomic E-state index is 0.0931. The van der Waals surface area contributed by atoms with Crippen LogP contribution in [0.2, 0.25) is 5.02 Å². The molecule has 3 aromatic rings. The summed E-state index contributed by atoms with van der Waals surface area (Å²) >= 11 is 9.79. The van der Waals surface area contributed by atoms with Crippen molar-refractivity contribution in [1.82, 2.24) is 0 Å². The molecule has 7 heteroatoms. The number of amides is 1. The lowest BCUT2D eigenvalue weighted by atomic mass is 10.2. The van der Waals surface area contributed by atoms with Crippen molar-refractivity contribution in [1.29, 1.82) is 0 Å². The fraction of sp³-hybridized carbons (Fsp3) is 0.174. The number of carbonyl (C=O) groups excluding carboxylic acids is 1. The molecule has 0 fully saturated rings. The summed E-state index contributed by atoms with van der Waals surface area (Å²) in [5.74, 6) is 1.17. The molecule has 0 saturated heterocycles. The van der Waals surface area contributed by atoms with E-state index in [2.05, 4.69) is 26.6 Å². The van der Waals surface area contributed by atoms with Crippen LogP contribution < -0.4 is 20.1 Å². The van der Waals surface area contributed by atoms with E-state index in [1.807, 2.05) is 60.7 Å². The van der Waals surface area contributed by atoms with Crippen molar-refractivity contribution in [2.24, 2.45) is 0 Å². The molecule has 0 saturated carbocycles. The Morgan fingerprint density at radius 2 is 1.77 bits per heavy atom. The molecule has 0 aliphatic rings. The second-order valence-electron chi connectivity index (χ2n) is 6.60. The molecular weight excluding hydrogens is 468 g/mol. The maximum Gasteiger partial charge on any atom is 0.221 e.